The molecular weight excluding hydrogens is 276 g/mol. The van der Waals surface area contributed by atoms with Crippen LogP contribution in [0.25, 0.3) is 0 Å². The fourth-order valence-corrected chi connectivity index (χ4v) is 6.22. The summed E-state index contributed by atoms with van der Waals surface area (Å²) in [6.45, 7) is 4.50. The summed E-state index contributed by atoms with van der Waals surface area (Å²) in [5.41, 5.74) is 1.33. The Labute approximate surface area is 132 Å². The Bertz CT molecular complexity index is 539. The van der Waals surface area contributed by atoms with Crippen LogP contribution in [-0.2, 0) is 0 Å². The Morgan fingerprint density at radius 1 is 1.14 bits per heavy atom. The Morgan fingerprint density at radius 2 is 1.91 bits per heavy atom. The van der Waals surface area contributed by atoms with Crippen molar-refractivity contribution in [1.82, 2.24) is 0 Å². The predicted octanol–water partition coefficient (Wildman–Crippen LogP) is 2.42. The average Bonchev–Trinajstić information content (AvgIpc) is 2.72. The first-order valence-electron chi connectivity index (χ1n) is 8.79. The molecule has 1 unspecified atom stereocenters. The monoisotopic (exact) mass is 304 g/mol. The molecule has 3 nitrogen and oxygen atoms in total. The lowest BCUT2D eigenvalue weighted by molar-refractivity contribution is -0.0705. The summed E-state index contributed by atoms with van der Waals surface area (Å²) in [4.78, 5) is 0. The largest absolute Gasteiger partial charge is 0.390 e. The second-order valence-corrected chi connectivity index (χ2v) is 8.55. The van der Waals surface area contributed by atoms with Gasteiger partial charge in [0.15, 0.2) is 0 Å². The molecule has 0 saturated heterocycles. The highest BCUT2D eigenvalue weighted by atomic mass is 16.3. The first kappa shape index (κ1) is 14.9. The van der Waals surface area contributed by atoms with Crippen molar-refractivity contribution in [3.8, 4) is 0 Å². The smallest absolute Gasteiger partial charge is 0.0855 e. The molecule has 4 aliphatic rings. The van der Waals surface area contributed by atoms with Crippen molar-refractivity contribution in [3.63, 3.8) is 0 Å². The zero-order valence-electron chi connectivity index (χ0n) is 13.6. The molecule has 0 spiro atoms. The van der Waals surface area contributed by atoms with E-state index in [0.29, 0.717) is 17.8 Å². The minimum absolute atomic E-state index is 0.0575. The van der Waals surface area contributed by atoms with E-state index in [1.54, 1.807) is 0 Å². The third-order valence-electron chi connectivity index (χ3n) is 7.60. The molecule has 3 heteroatoms. The highest BCUT2D eigenvalue weighted by Crippen LogP contribution is 2.63. The molecule has 122 valence electrons. The normalized spacial score (nSPS) is 56.9. The fourth-order valence-electron chi connectivity index (χ4n) is 6.22. The lowest BCUT2D eigenvalue weighted by Crippen LogP contribution is -2.50. The van der Waals surface area contributed by atoms with Crippen molar-refractivity contribution in [2.24, 2.45) is 28.6 Å². The van der Waals surface area contributed by atoms with Crippen molar-refractivity contribution in [3.05, 3.63) is 23.8 Å². The van der Waals surface area contributed by atoms with E-state index in [1.807, 2.05) is 6.08 Å². The van der Waals surface area contributed by atoms with Gasteiger partial charge in [0.1, 0.15) is 0 Å². The Morgan fingerprint density at radius 3 is 2.68 bits per heavy atom. The number of aliphatic hydroxyl groups is 3. The Kier molecular flexibility index (Phi) is 3.18. The van der Waals surface area contributed by atoms with Gasteiger partial charge in [-0.2, -0.15) is 0 Å². The van der Waals surface area contributed by atoms with Crippen LogP contribution in [0.1, 0.15) is 46.0 Å². The summed E-state index contributed by atoms with van der Waals surface area (Å²) in [6.07, 6.45) is 9.72. The molecule has 4 rings (SSSR count). The van der Waals surface area contributed by atoms with Crippen LogP contribution in [-0.4, -0.2) is 33.6 Å². The van der Waals surface area contributed by atoms with Crippen LogP contribution in [0.4, 0.5) is 0 Å². The summed E-state index contributed by atoms with van der Waals surface area (Å²) in [5, 5.41) is 30.6. The van der Waals surface area contributed by atoms with Crippen LogP contribution in [0.3, 0.4) is 0 Å². The Balaban J connectivity index is 1.71. The number of hydrogen-bond acceptors (Lipinski definition) is 3. The lowest BCUT2D eigenvalue weighted by atomic mass is 9.49. The summed E-state index contributed by atoms with van der Waals surface area (Å²) < 4.78 is 0. The van der Waals surface area contributed by atoms with Gasteiger partial charge in [-0.15, -0.1) is 0 Å². The molecule has 0 bridgehead atoms. The van der Waals surface area contributed by atoms with Gasteiger partial charge in [0.05, 0.1) is 18.3 Å². The molecule has 0 aliphatic heterocycles. The zero-order chi connectivity index (χ0) is 15.7. The number of rotatable bonds is 0. The van der Waals surface area contributed by atoms with Gasteiger partial charge in [-0.25, -0.2) is 0 Å². The molecule has 2 saturated carbocycles. The molecule has 3 N–H and O–H groups in total. The van der Waals surface area contributed by atoms with E-state index in [1.165, 1.54) is 5.57 Å². The number of fused-ring (bicyclic) bond motifs is 5. The van der Waals surface area contributed by atoms with Gasteiger partial charge in [-0.3, -0.25) is 0 Å². The van der Waals surface area contributed by atoms with Crippen molar-refractivity contribution in [2.75, 3.05) is 0 Å². The minimum atomic E-state index is -0.569. The summed E-state index contributed by atoms with van der Waals surface area (Å²) >= 11 is 0. The van der Waals surface area contributed by atoms with Crippen molar-refractivity contribution < 1.29 is 15.3 Å². The molecule has 0 amide bonds. The van der Waals surface area contributed by atoms with Crippen molar-refractivity contribution in [1.29, 1.82) is 0 Å². The van der Waals surface area contributed by atoms with Crippen LogP contribution in [0, 0.1) is 28.6 Å². The highest BCUT2D eigenvalue weighted by molar-refractivity contribution is 5.33. The predicted molar refractivity (Wildman–Crippen MR) is 85.0 cm³/mol. The van der Waals surface area contributed by atoms with Gasteiger partial charge >= 0.3 is 0 Å². The van der Waals surface area contributed by atoms with Gasteiger partial charge in [0.2, 0.25) is 0 Å². The highest BCUT2D eigenvalue weighted by Gasteiger charge is 2.60. The van der Waals surface area contributed by atoms with Crippen molar-refractivity contribution >= 4 is 0 Å². The molecule has 0 aromatic carbocycles. The van der Waals surface area contributed by atoms with Crippen molar-refractivity contribution in [2.45, 2.75) is 64.3 Å². The zero-order valence-corrected chi connectivity index (χ0v) is 13.6. The maximum absolute atomic E-state index is 10.5. The molecule has 8 atom stereocenters. The quantitative estimate of drug-likeness (QED) is 0.602. The molecule has 0 aromatic heterocycles. The van der Waals surface area contributed by atoms with E-state index in [9.17, 15) is 15.3 Å². The molecule has 0 heterocycles. The summed E-state index contributed by atoms with van der Waals surface area (Å²) in [5.74, 6) is 1.53. The van der Waals surface area contributed by atoms with E-state index < -0.39 is 12.2 Å². The van der Waals surface area contributed by atoms with Crippen LogP contribution >= 0.6 is 0 Å². The fraction of sp³-hybridized carbons (Fsp3) is 0.789. The molecule has 4 aliphatic carbocycles. The second-order valence-electron chi connectivity index (χ2n) is 8.55. The van der Waals surface area contributed by atoms with Crippen LogP contribution < -0.4 is 0 Å². The SMILES string of the molecule is C[C@]12CC[C@H]3[C@@H](CC=C4C[C@@H](O)C=C[C@@]43C)[C@@H]1CC(O)[C@@H]2O. The number of hydrogen-bond donors (Lipinski definition) is 3. The minimum Gasteiger partial charge on any atom is -0.390 e. The maximum Gasteiger partial charge on any atom is 0.0855 e. The molecular formula is C19H28O3. The van der Waals surface area contributed by atoms with Gasteiger partial charge < -0.3 is 15.3 Å². The van der Waals surface area contributed by atoms with Crippen LogP contribution in [0.15, 0.2) is 23.8 Å². The number of allylic oxidation sites excluding steroid dienone is 2. The third-order valence-corrected chi connectivity index (χ3v) is 7.60. The second kappa shape index (κ2) is 4.68. The molecule has 22 heavy (non-hydrogen) atoms. The number of aliphatic hydroxyl groups excluding tert-OH is 3. The third kappa shape index (κ3) is 1.79. The lowest BCUT2D eigenvalue weighted by Gasteiger charge is -2.56. The van der Waals surface area contributed by atoms with E-state index in [0.717, 1.165) is 32.1 Å². The molecule has 0 radical (unpaired) electrons. The van der Waals surface area contributed by atoms with E-state index >= 15 is 0 Å². The molecule has 2 fully saturated rings. The molecule has 0 aromatic rings. The average molecular weight is 304 g/mol. The van der Waals surface area contributed by atoms with Crippen LogP contribution in [0.5, 0.6) is 0 Å². The maximum atomic E-state index is 10.5. The van der Waals surface area contributed by atoms with E-state index in [2.05, 4.69) is 26.0 Å². The summed E-state index contributed by atoms with van der Waals surface area (Å²) in [6, 6.07) is 0. The summed E-state index contributed by atoms with van der Waals surface area (Å²) in [7, 11) is 0. The van der Waals surface area contributed by atoms with Gasteiger partial charge in [0, 0.05) is 5.41 Å². The Hall–Kier alpha value is -0.640. The standard InChI is InChI=1S/C19H28O3/c1-18-7-5-12(20)9-11(18)3-4-13-14(18)6-8-19(2)15(13)10-16(21)17(19)22/h3,5,7,12-17,20-22H,4,6,8-10H2,1-2H3/t12-,13+,14-,15-,16?,17-,18-,19-/m0/s1. The first-order chi connectivity index (χ1) is 10.4. The van der Waals surface area contributed by atoms with E-state index in [-0.39, 0.29) is 16.9 Å². The van der Waals surface area contributed by atoms with Gasteiger partial charge in [-0.05, 0) is 55.3 Å². The topological polar surface area (TPSA) is 60.7 Å². The van der Waals surface area contributed by atoms with Crippen LogP contribution in [0.2, 0.25) is 0 Å². The van der Waals surface area contributed by atoms with Gasteiger partial charge in [-0.1, -0.05) is 37.6 Å². The van der Waals surface area contributed by atoms with Gasteiger partial charge in [0.25, 0.3) is 0 Å². The van der Waals surface area contributed by atoms with E-state index in [4.69, 9.17) is 0 Å². The first-order valence-corrected chi connectivity index (χ1v) is 8.79.